The van der Waals surface area contributed by atoms with E-state index < -0.39 is 0 Å². The molecule has 5 rings (SSSR count). The zero-order chi connectivity index (χ0) is 22.6. The molecule has 3 aromatic carbocycles. The lowest BCUT2D eigenvalue weighted by atomic mass is 10.1. The van der Waals surface area contributed by atoms with E-state index in [1.807, 2.05) is 90.3 Å². The predicted molar refractivity (Wildman–Crippen MR) is 134 cm³/mol. The average Bonchev–Trinajstić information content (AvgIpc) is 3.28. The number of anilines is 3. The zero-order valence-corrected chi connectivity index (χ0v) is 18.4. The maximum atomic E-state index is 13.1. The quantitative estimate of drug-likeness (QED) is 0.356. The van der Waals surface area contributed by atoms with Crippen molar-refractivity contribution in [3.05, 3.63) is 107 Å². The van der Waals surface area contributed by atoms with E-state index in [0.29, 0.717) is 15.9 Å². The molecule has 33 heavy (non-hydrogen) atoms. The van der Waals surface area contributed by atoms with Gasteiger partial charge in [-0.3, -0.25) is 14.2 Å². The Morgan fingerprint density at radius 1 is 0.848 bits per heavy atom. The molecule has 2 aromatic heterocycles. The van der Waals surface area contributed by atoms with Crippen LogP contribution in [0.4, 0.5) is 17.1 Å². The molecule has 2 N–H and O–H groups in total. The summed E-state index contributed by atoms with van der Waals surface area (Å²) < 4.78 is 1.35. The van der Waals surface area contributed by atoms with Gasteiger partial charge >= 0.3 is 0 Å². The number of nitrogens with one attached hydrogen (secondary N) is 2. The Bertz CT molecular complexity index is 1460. The molecule has 0 aliphatic rings. The summed E-state index contributed by atoms with van der Waals surface area (Å²) in [6.45, 7) is -0.115. The second kappa shape index (κ2) is 9.10. The van der Waals surface area contributed by atoms with Crippen LogP contribution in [0.1, 0.15) is 0 Å². The number of hydrogen-bond acceptors (Lipinski definition) is 5. The van der Waals surface area contributed by atoms with Crippen molar-refractivity contribution in [2.45, 2.75) is 6.54 Å². The Morgan fingerprint density at radius 2 is 1.48 bits per heavy atom. The van der Waals surface area contributed by atoms with Crippen LogP contribution in [0.5, 0.6) is 0 Å². The molecular formula is C26H20N4O2S. The Balaban J connectivity index is 1.31. The van der Waals surface area contributed by atoms with Crippen molar-refractivity contribution < 1.29 is 4.79 Å². The van der Waals surface area contributed by atoms with Crippen LogP contribution in [0.3, 0.4) is 0 Å². The van der Waals surface area contributed by atoms with Gasteiger partial charge in [0.05, 0.1) is 11.7 Å². The number of amides is 1. The van der Waals surface area contributed by atoms with Gasteiger partial charge in [-0.1, -0.05) is 48.5 Å². The van der Waals surface area contributed by atoms with Gasteiger partial charge in [0, 0.05) is 28.0 Å². The maximum Gasteiger partial charge on any atom is 0.263 e. The van der Waals surface area contributed by atoms with Gasteiger partial charge in [-0.2, -0.15) is 0 Å². The van der Waals surface area contributed by atoms with Crippen molar-refractivity contribution >= 4 is 44.5 Å². The zero-order valence-electron chi connectivity index (χ0n) is 17.6. The van der Waals surface area contributed by atoms with Crippen molar-refractivity contribution in [3.8, 4) is 11.1 Å². The van der Waals surface area contributed by atoms with Crippen LogP contribution in [0.15, 0.2) is 101 Å². The smallest absolute Gasteiger partial charge is 0.263 e. The minimum atomic E-state index is -0.293. The summed E-state index contributed by atoms with van der Waals surface area (Å²) in [5.74, 6) is -0.293. The van der Waals surface area contributed by atoms with E-state index in [2.05, 4.69) is 15.6 Å². The van der Waals surface area contributed by atoms with E-state index in [1.54, 1.807) is 0 Å². The molecule has 0 saturated heterocycles. The number of benzene rings is 3. The lowest BCUT2D eigenvalue weighted by Gasteiger charge is -2.10. The van der Waals surface area contributed by atoms with Crippen LogP contribution in [-0.2, 0) is 11.3 Å². The van der Waals surface area contributed by atoms with E-state index in [1.165, 1.54) is 22.2 Å². The number of rotatable bonds is 6. The molecular weight excluding hydrogens is 432 g/mol. The van der Waals surface area contributed by atoms with Crippen molar-refractivity contribution in [1.82, 2.24) is 9.55 Å². The van der Waals surface area contributed by atoms with Crippen LogP contribution in [0.25, 0.3) is 21.3 Å². The van der Waals surface area contributed by atoms with E-state index in [0.717, 1.165) is 22.5 Å². The molecule has 0 unspecified atom stereocenters. The third-order valence-corrected chi connectivity index (χ3v) is 6.08. The first-order chi connectivity index (χ1) is 16.2. The fourth-order valence-corrected chi connectivity index (χ4v) is 4.50. The first-order valence-electron chi connectivity index (χ1n) is 10.4. The fourth-order valence-electron chi connectivity index (χ4n) is 3.59. The van der Waals surface area contributed by atoms with Gasteiger partial charge in [-0.05, 0) is 42.0 Å². The van der Waals surface area contributed by atoms with Crippen LogP contribution in [-0.4, -0.2) is 15.5 Å². The number of nitrogens with zero attached hydrogens (tertiary/aromatic N) is 2. The molecule has 0 fully saturated rings. The highest BCUT2D eigenvalue weighted by Gasteiger charge is 2.14. The van der Waals surface area contributed by atoms with E-state index >= 15 is 0 Å². The summed E-state index contributed by atoms with van der Waals surface area (Å²) in [4.78, 5) is 30.8. The van der Waals surface area contributed by atoms with Crippen molar-refractivity contribution in [2.75, 3.05) is 10.6 Å². The second-order valence-corrected chi connectivity index (χ2v) is 8.35. The van der Waals surface area contributed by atoms with E-state index in [4.69, 9.17) is 0 Å². The molecule has 0 aliphatic carbocycles. The van der Waals surface area contributed by atoms with E-state index in [-0.39, 0.29) is 18.0 Å². The van der Waals surface area contributed by atoms with Gasteiger partial charge in [0.2, 0.25) is 5.91 Å². The molecule has 0 spiro atoms. The molecule has 1 amide bonds. The van der Waals surface area contributed by atoms with Gasteiger partial charge in [0.1, 0.15) is 11.4 Å². The van der Waals surface area contributed by atoms with Crippen LogP contribution in [0.2, 0.25) is 0 Å². The van der Waals surface area contributed by atoms with Crippen molar-refractivity contribution in [1.29, 1.82) is 0 Å². The molecule has 162 valence electrons. The highest BCUT2D eigenvalue weighted by Crippen LogP contribution is 2.30. The number of para-hydroxylation sites is 1. The Morgan fingerprint density at radius 3 is 2.21 bits per heavy atom. The minimum Gasteiger partial charge on any atom is -0.356 e. The van der Waals surface area contributed by atoms with Gasteiger partial charge in [0.25, 0.3) is 5.56 Å². The molecule has 0 radical (unpaired) electrons. The lowest BCUT2D eigenvalue weighted by molar-refractivity contribution is -0.116. The number of hydrogen-bond donors (Lipinski definition) is 2. The van der Waals surface area contributed by atoms with E-state index in [9.17, 15) is 9.59 Å². The molecule has 0 aliphatic heterocycles. The largest absolute Gasteiger partial charge is 0.356 e. The first-order valence-corrected chi connectivity index (χ1v) is 11.3. The molecule has 7 heteroatoms. The SMILES string of the molecule is O=C(Cn1cnc2scc(-c3ccccc3)c2c1=O)Nc1ccc(Nc2ccccc2)cc1. The molecule has 0 saturated carbocycles. The van der Waals surface area contributed by atoms with Crippen molar-refractivity contribution in [3.63, 3.8) is 0 Å². The van der Waals surface area contributed by atoms with Crippen LogP contribution < -0.4 is 16.2 Å². The summed E-state index contributed by atoms with van der Waals surface area (Å²) in [7, 11) is 0. The Hall–Kier alpha value is -4.23. The number of carbonyl (C=O) groups excluding carboxylic acids is 1. The van der Waals surface area contributed by atoms with Crippen LogP contribution in [0, 0.1) is 0 Å². The Labute approximate surface area is 194 Å². The Kier molecular flexibility index (Phi) is 5.70. The van der Waals surface area contributed by atoms with Gasteiger partial charge in [-0.15, -0.1) is 11.3 Å². The minimum absolute atomic E-state index is 0.115. The summed E-state index contributed by atoms with van der Waals surface area (Å²) in [6.07, 6.45) is 1.43. The molecule has 0 atom stereocenters. The number of thiophene rings is 1. The third-order valence-electron chi connectivity index (χ3n) is 5.19. The summed E-state index contributed by atoms with van der Waals surface area (Å²) in [5.41, 5.74) is 4.12. The van der Waals surface area contributed by atoms with Crippen LogP contribution >= 0.6 is 11.3 Å². The van der Waals surface area contributed by atoms with Gasteiger partial charge < -0.3 is 10.6 Å². The summed E-state index contributed by atoms with van der Waals surface area (Å²) in [6, 6.07) is 27.0. The third kappa shape index (κ3) is 4.53. The number of fused-ring (bicyclic) bond motifs is 1. The van der Waals surface area contributed by atoms with Gasteiger partial charge in [0.15, 0.2) is 0 Å². The summed E-state index contributed by atoms with van der Waals surface area (Å²) in [5, 5.41) is 8.62. The average molecular weight is 453 g/mol. The molecule has 2 heterocycles. The highest BCUT2D eigenvalue weighted by atomic mass is 32.1. The summed E-state index contributed by atoms with van der Waals surface area (Å²) >= 11 is 1.42. The number of carbonyl (C=O) groups is 1. The standard InChI is InChI=1S/C26H20N4O2S/c31-23(29-21-13-11-20(12-14-21)28-19-9-5-2-6-10-19)15-30-17-27-25-24(26(30)32)22(16-33-25)18-7-3-1-4-8-18/h1-14,16-17,28H,15H2,(H,29,31). The van der Waals surface area contributed by atoms with Gasteiger partial charge in [-0.25, -0.2) is 4.98 Å². The van der Waals surface area contributed by atoms with Crippen molar-refractivity contribution in [2.24, 2.45) is 0 Å². The monoisotopic (exact) mass is 452 g/mol. The molecule has 0 bridgehead atoms. The molecule has 6 nitrogen and oxygen atoms in total. The first kappa shape index (κ1) is 20.7. The molecule has 5 aromatic rings. The number of aromatic nitrogens is 2. The second-order valence-electron chi connectivity index (χ2n) is 7.49. The fraction of sp³-hybridized carbons (Fsp3) is 0.0385. The maximum absolute atomic E-state index is 13.1. The highest BCUT2D eigenvalue weighted by molar-refractivity contribution is 7.17. The normalized spacial score (nSPS) is 10.8. The topological polar surface area (TPSA) is 76.0 Å². The lowest BCUT2D eigenvalue weighted by Crippen LogP contribution is -2.27. The predicted octanol–water partition coefficient (Wildman–Crippen LogP) is 5.51.